The number of rotatable bonds is 5. The highest BCUT2D eigenvalue weighted by Crippen LogP contribution is 2.26. The van der Waals surface area contributed by atoms with Crippen molar-refractivity contribution >= 4 is 47.4 Å². The molecule has 0 spiro atoms. The topological polar surface area (TPSA) is 173 Å². The van der Waals surface area contributed by atoms with Gasteiger partial charge >= 0.3 is 0 Å². The lowest BCUT2D eigenvalue weighted by atomic mass is 10.0. The zero-order valence-corrected chi connectivity index (χ0v) is 27.0. The minimum Gasteiger partial charge on any atom is -0.446 e. The van der Waals surface area contributed by atoms with Gasteiger partial charge in [-0.1, -0.05) is 74.5 Å². The summed E-state index contributed by atoms with van der Waals surface area (Å²) in [6.07, 6.45) is 1.58. The maximum atomic E-state index is 13.5. The molecule has 0 fully saturated rings. The van der Waals surface area contributed by atoms with Crippen LogP contribution in [0, 0.1) is 5.92 Å². The molecule has 242 valence electrons. The molecule has 0 radical (unpaired) electrons. The molecule has 2 aromatic carbocycles. The molecule has 2 aromatic heterocycles. The Bertz CT molecular complexity index is 1650. The maximum Gasteiger partial charge on any atom is 0.273 e. The summed E-state index contributed by atoms with van der Waals surface area (Å²) >= 11 is 1.25. The van der Waals surface area contributed by atoms with Gasteiger partial charge in [0, 0.05) is 24.9 Å². The van der Waals surface area contributed by atoms with Gasteiger partial charge < -0.3 is 31.0 Å². The van der Waals surface area contributed by atoms with E-state index >= 15 is 0 Å². The minimum atomic E-state index is -1.01. The van der Waals surface area contributed by atoms with E-state index in [1.165, 1.54) is 22.5 Å². The van der Waals surface area contributed by atoms with Gasteiger partial charge in [0.1, 0.15) is 29.0 Å². The van der Waals surface area contributed by atoms with Crippen LogP contribution in [0.15, 0.2) is 76.7 Å². The molecule has 14 heteroatoms. The van der Waals surface area contributed by atoms with Gasteiger partial charge in [0.15, 0.2) is 5.69 Å². The summed E-state index contributed by atoms with van der Waals surface area (Å²) < 4.78 is 5.68. The fraction of sp³-hybridized carbons (Fsp3) is 0.312. The van der Waals surface area contributed by atoms with E-state index in [0.29, 0.717) is 17.0 Å². The number of thiazole rings is 1. The van der Waals surface area contributed by atoms with Crippen LogP contribution < -0.4 is 21.7 Å². The quantitative estimate of drug-likeness (QED) is 0.251. The molecule has 0 aliphatic carbocycles. The SMILES string of the molecule is CC(C)[C@@H]1NC(=O)CN(C(=O)[C@H](N)c2ccccc2)CCNC(=O)c2coc(n2)[C@H](Cc2ccccc2)NC(=O)c2csc1n2.Cl. The van der Waals surface area contributed by atoms with Crippen molar-refractivity contribution < 1.29 is 23.6 Å². The number of nitrogens with two attached hydrogens (primary N) is 1. The highest BCUT2D eigenvalue weighted by molar-refractivity contribution is 7.09. The Labute approximate surface area is 276 Å². The van der Waals surface area contributed by atoms with Crippen molar-refractivity contribution in [1.29, 1.82) is 0 Å². The third-order valence-corrected chi connectivity index (χ3v) is 8.31. The van der Waals surface area contributed by atoms with Gasteiger partial charge in [0.2, 0.25) is 17.7 Å². The lowest BCUT2D eigenvalue weighted by Gasteiger charge is -2.27. The second-order valence-electron chi connectivity index (χ2n) is 11.1. The van der Waals surface area contributed by atoms with Crippen LogP contribution in [0.5, 0.6) is 0 Å². The van der Waals surface area contributed by atoms with Gasteiger partial charge in [-0.3, -0.25) is 19.2 Å². The third kappa shape index (κ3) is 8.36. The molecular formula is C32H36ClN7O5S. The highest BCUT2D eigenvalue weighted by atomic mass is 35.5. The lowest BCUT2D eigenvalue weighted by molar-refractivity contribution is -0.137. The second kappa shape index (κ2) is 15.6. The van der Waals surface area contributed by atoms with E-state index < -0.39 is 41.8 Å². The number of halogens is 1. The van der Waals surface area contributed by atoms with E-state index in [0.717, 1.165) is 5.56 Å². The molecule has 46 heavy (non-hydrogen) atoms. The first-order chi connectivity index (χ1) is 21.7. The number of carbonyl (C=O) groups excluding carboxylic acids is 4. The van der Waals surface area contributed by atoms with Gasteiger partial charge in [0.25, 0.3) is 11.8 Å². The molecule has 1 aliphatic heterocycles. The summed E-state index contributed by atoms with van der Waals surface area (Å²) in [5, 5.41) is 10.8. The number of amides is 4. The van der Waals surface area contributed by atoms with Crippen LogP contribution in [0.3, 0.4) is 0 Å². The number of benzene rings is 2. The molecule has 0 saturated heterocycles. The molecule has 3 heterocycles. The number of hydrogen-bond donors (Lipinski definition) is 4. The van der Waals surface area contributed by atoms with Crippen LogP contribution in [0.1, 0.15) is 75.0 Å². The van der Waals surface area contributed by atoms with E-state index in [2.05, 4.69) is 25.9 Å². The van der Waals surface area contributed by atoms with Crippen LogP contribution in [0.25, 0.3) is 0 Å². The average molecular weight is 666 g/mol. The first-order valence-corrected chi connectivity index (χ1v) is 15.5. The monoisotopic (exact) mass is 665 g/mol. The van der Waals surface area contributed by atoms with Gasteiger partial charge in [0.05, 0.1) is 12.6 Å². The number of hydrogen-bond acceptors (Lipinski definition) is 9. The summed E-state index contributed by atoms with van der Waals surface area (Å²) in [6, 6.07) is 16.1. The molecule has 3 atom stereocenters. The summed E-state index contributed by atoms with van der Waals surface area (Å²) in [4.78, 5) is 63.5. The Hall–Kier alpha value is -4.59. The number of fused-ring (bicyclic) bond motifs is 4. The lowest BCUT2D eigenvalue weighted by Crippen LogP contribution is -2.48. The molecule has 4 amide bonds. The van der Waals surface area contributed by atoms with Crippen molar-refractivity contribution in [1.82, 2.24) is 30.8 Å². The molecule has 4 bridgehead atoms. The van der Waals surface area contributed by atoms with E-state index in [1.54, 1.807) is 29.6 Å². The van der Waals surface area contributed by atoms with Gasteiger partial charge in [-0.25, -0.2) is 9.97 Å². The van der Waals surface area contributed by atoms with Crippen molar-refractivity contribution in [2.45, 2.75) is 38.4 Å². The normalized spacial score (nSPS) is 18.3. The Morgan fingerprint density at radius 2 is 1.70 bits per heavy atom. The molecule has 1 aliphatic rings. The van der Waals surface area contributed by atoms with Gasteiger partial charge in [-0.2, -0.15) is 0 Å². The Morgan fingerprint density at radius 3 is 2.39 bits per heavy atom. The summed E-state index contributed by atoms with van der Waals surface area (Å²) in [5.74, 6) is -1.81. The van der Waals surface area contributed by atoms with Crippen LogP contribution in [0.2, 0.25) is 0 Å². The highest BCUT2D eigenvalue weighted by Gasteiger charge is 2.29. The van der Waals surface area contributed by atoms with Crippen molar-refractivity contribution in [3.63, 3.8) is 0 Å². The van der Waals surface area contributed by atoms with Crippen LogP contribution >= 0.6 is 23.7 Å². The molecule has 5 N–H and O–H groups in total. The van der Waals surface area contributed by atoms with Crippen LogP contribution in [-0.4, -0.2) is 58.1 Å². The van der Waals surface area contributed by atoms with Crippen molar-refractivity contribution in [2.24, 2.45) is 11.7 Å². The second-order valence-corrected chi connectivity index (χ2v) is 11.9. The van der Waals surface area contributed by atoms with Crippen molar-refractivity contribution in [3.05, 3.63) is 106 Å². The zero-order chi connectivity index (χ0) is 31.9. The Morgan fingerprint density at radius 1 is 1.00 bits per heavy atom. The Kier molecular flexibility index (Phi) is 11.6. The molecule has 0 unspecified atom stereocenters. The predicted octanol–water partition coefficient (Wildman–Crippen LogP) is 3.35. The maximum absolute atomic E-state index is 13.5. The first-order valence-electron chi connectivity index (χ1n) is 14.6. The molecule has 5 rings (SSSR count). The Balaban J connectivity index is 0.00000480. The zero-order valence-electron chi connectivity index (χ0n) is 25.3. The fourth-order valence-corrected chi connectivity index (χ4v) is 5.96. The van der Waals surface area contributed by atoms with Gasteiger partial charge in [-0.15, -0.1) is 23.7 Å². The van der Waals surface area contributed by atoms with Crippen LogP contribution in [0.4, 0.5) is 0 Å². The van der Waals surface area contributed by atoms with E-state index in [4.69, 9.17) is 10.2 Å². The summed E-state index contributed by atoms with van der Waals surface area (Å²) in [7, 11) is 0. The number of oxazole rings is 1. The molecule has 12 nitrogen and oxygen atoms in total. The summed E-state index contributed by atoms with van der Waals surface area (Å²) in [5.41, 5.74) is 8.01. The number of carbonyl (C=O) groups is 4. The standard InChI is InChI=1S/C32H35N7O5S.ClH/c1-19(2)27-31-37-24(18-45-31)29(42)35-22(15-20-9-5-3-6-10-20)30-36-23(17-44-30)28(41)34-13-14-39(16-25(40)38-27)32(43)26(33)21-11-7-4-8-12-21;/h3-12,17-19,22,26-27H,13-16,33H2,1-2H3,(H,34,41)(H,35,42)(H,38,40);1H/t22-,26+,27-;/m0./s1. The van der Waals surface area contributed by atoms with Crippen molar-refractivity contribution in [3.8, 4) is 0 Å². The largest absolute Gasteiger partial charge is 0.446 e. The first kappa shape index (κ1) is 34.3. The minimum absolute atomic E-state index is 0. The molecular weight excluding hydrogens is 630 g/mol. The van der Waals surface area contributed by atoms with Crippen LogP contribution in [-0.2, 0) is 16.0 Å². The van der Waals surface area contributed by atoms with E-state index in [9.17, 15) is 19.2 Å². The van der Waals surface area contributed by atoms with Gasteiger partial charge in [-0.05, 0) is 17.0 Å². The molecule has 0 saturated carbocycles. The van der Waals surface area contributed by atoms with E-state index in [-0.39, 0.29) is 55.2 Å². The van der Waals surface area contributed by atoms with E-state index in [1.807, 2.05) is 50.2 Å². The molecule has 4 aromatic rings. The smallest absolute Gasteiger partial charge is 0.273 e. The fourth-order valence-electron chi connectivity index (χ4n) is 4.94. The third-order valence-electron chi connectivity index (χ3n) is 7.38. The number of nitrogens with zero attached hydrogens (tertiary/aromatic N) is 3. The predicted molar refractivity (Wildman–Crippen MR) is 174 cm³/mol. The number of nitrogens with one attached hydrogen (secondary N) is 3. The van der Waals surface area contributed by atoms with Crippen molar-refractivity contribution in [2.75, 3.05) is 19.6 Å². The average Bonchev–Trinajstić information content (AvgIpc) is 3.74. The summed E-state index contributed by atoms with van der Waals surface area (Å²) in [6.45, 7) is 3.60. The number of aromatic nitrogens is 2.